The van der Waals surface area contributed by atoms with Crippen LogP contribution in [0.2, 0.25) is 0 Å². The van der Waals surface area contributed by atoms with Gasteiger partial charge < -0.3 is 15.0 Å². The first-order valence-corrected chi connectivity index (χ1v) is 12.1. The lowest BCUT2D eigenvalue weighted by atomic mass is 9.45. The van der Waals surface area contributed by atoms with Gasteiger partial charge in [0.05, 0.1) is 11.4 Å². The van der Waals surface area contributed by atoms with Crippen molar-refractivity contribution in [3.05, 3.63) is 0 Å². The lowest BCUT2D eigenvalue weighted by Crippen LogP contribution is -2.56. The maximum absolute atomic E-state index is 14.5. The van der Waals surface area contributed by atoms with E-state index in [9.17, 15) is 9.18 Å². The van der Waals surface area contributed by atoms with Crippen molar-refractivity contribution in [3.63, 3.8) is 0 Å². The van der Waals surface area contributed by atoms with Crippen LogP contribution in [0.4, 0.5) is 4.39 Å². The topological polar surface area (TPSA) is 72.3 Å². The minimum Gasteiger partial charge on any atom is -0.399 e. The SMILES string of the molecule is CON=C1CC2C(CC[C@]3(C)C(=O)C(F)CC23)[C@@]2(C)CCC(=NOC3CCNC3)CC12. The molecule has 1 aliphatic heterocycles. The first-order valence-electron chi connectivity index (χ1n) is 12.1. The highest BCUT2D eigenvalue weighted by Gasteiger charge is 2.63. The van der Waals surface area contributed by atoms with Crippen molar-refractivity contribution in [2.24, 2.45) is 44.8 Å². The number of Topliss-reactive ketones (excluding diaryl/α,β-unsaturated/α-hetero) is 1. The second kappa shape index (κ2) is 7.82. The third kappa shape index (κ3) is 3.33. The van der Waals surface area contributed by atoms with E-state index in [-0.39, 0.29) is 29.1 Å². The van der Waals surface area contributed by atoms with E-state index in [0.717, 1.165) is 69.5 Å². The molecule has 5 aliphatic rings. The number of nitrogens with zero attached hydrogens (tertiary/aromatic N) is 2. The molecule has 0 aromatic heterocycles. The number of carbonyl (C=O) groups is 1. The van der Waals surface area contributed by atoms with Crippen LogP contribution in [-0.2, 0) is 14.5 Å². The fourth-order valence-electron chi connectivity index (χ4n) is 7.79. The highest BCUT2D eigenvalue weighted by atomic mass is 19.1. The van der Waals surface area contributed by atoms with Crippen LogP contribution in [0.15, 0.2) is 10.3 Å². The van der Waals surface area contributed by atoms with Crippen molar-refractivity contribution in [2.45, 2.75) is 77.5 Å². The summed E-state index contributed by atoms with van der Waals surface area (Å²) in [6, 6.07) is 0. The minimum absolute atomic E-state index is 0.0764. The Bertz CT molecular complexity index is 795. The number of halogens is 1. The van der Waals surface area contributed by atoms with Crippen LogP contribution in [0.25, 0.3) is 0 Å². The summed E-state index contributed by atoms with van der Waals surface area (Å²) in [6.45, 7) is 6.27. The predicted octanol–water partition coefficient (Wildman–Crippen LogP) is 3.89. The molecule has 31 heavy (non-hydrogen) atoms. The average Bonchev–Trinajstić information content (AvgIpc) is 3.35. The predicted molar refractivity (Wildman–Crippen MR) is 117 cm³/mol. The van der Waals surface area contributed by atoms with Crippen molar-refractivity contribution in [1.82, 2.24) is 5.32 Å². The van der Waals surface area contributed by atoms with Crippen LogP contribution in [-0.4, -0.2) is 49.7 Å². The fraction of sp³-hybridized carbons (Fsp3) is 0.875. The van der Waals surface area contributed by atoms with E-state index in [4.69, 9.17) is 9.68 Å². The lowest BCUT2D eigenvalue weighted by Gasteiger charge is -2.59. The van der Waals surface area contributed by atoms with Crippen molar-refractivity contribution < 1.29 is 18.9 Å². The molecule has 7 heteroatoms. The molecule has 6 nitrogen and oxygen atoms in total. The van der Waals surface area contributed by atoms with Crippen LogP contribution in [0.3, 0.4) is 0 Å². The highest BCUT2D eigenvalue weighted by molar-refractivity contribution is 5.96. The molecule has 0 aromatic carbocycles. The molecule has 1 saturated heterocycles. The van der Waals surface area contributed by atoms with Crippen molar-refractivity contribution in [3.8, 4) is 0 Å². The summed E-state index contributed by atoms with van der Waals surface area (Å²) in [5, 5.41) is 12.4. The number of ketones is 1. The van der Waals surface area contributed by atoms with Gasteiger partial charge >= 0.3 is 0 Å². The third-order valence-corrected chi connectivity index (χ3v) is 9.57. The van der Waals surface area contributed by atoms with Crippen LogP contribution in [0.1, 0.15) is 65.2 Å². The van der Waals surface area contributed by atoms with Gasteiger partial charge in [0, 0.05) is 24.3 Å². The molecule has 4 saturated carbocycles. The fourth-order valence-corrected chi connectivity index (χ4v) is 7.79. The van der Waals surface area contributed by atoms with E-state index in [1.165, 1.54) is 0 Å². The van der Waals surface area contributed by atoms with Gasteiger partial charge in [0.2, 0.25) is 0 Å². The van der Waals surface area contributed by atoms with Crippen LogP contribution < -0.4 is 5.32 Å². The number of fused-ring (bicyclic) bond motifs is 5. The maximum atomic E-state index is 14.5. The Labute approximate surface area is 184 Å². The summed E-state index contributed by atoms with van der Waals surface area (Å²) in [6.07, 6.45) is 5.71. The molecule has 1 heterocycles. The zero-order valence-electron chi connectivity index (χ0n) is 19.0. The molecule has 4 aliphatic carbocycles. The molecule has 5 rings (SSSR count). The van der Waals surface area contributed by atoms with Gasteiger partial charge in [-0.2, -0.15) is 0 Å². The number of alkyl halides is 1. The second-order valence-corrected chi connectivity index (χ2v) is 11.0. The Balaban J connectivity index is 1.41. The van der Waals surface area contributed by atoms with Gasteiger partial charge in [0.15, 0.2) is 12.0 Å². The summed E-state index contributed by atoms with van der Waals surface area (Å²) >= 11 is 0. The number of oxime groups is 2. The molecule has 8 atom stereocenters. The van der Waals surface area contributed by atoms with Crippen molar-refractivity contribution >= 4 is 17.2 Å². The molecule has 0 amide bonds. The van der Waals surface area contributed by atoms with Gasteiger partial charge in [-0.1, -0.05) is 24.2 Å². The zero-order valence-corrected chi connectivity index (χ0v) is 19.0. The Morgan fingerprint density at radius 3 is 2.71 bits per heavy atom. The molecule has 0 radical (unpaired) electrons. The molecule has 5 fully saturated rings. The molecule has 1 N–H and O–H groups in total. The largest absolute Gasteiger partial charge is 0.399 e. The van der Waals surface area contributed by atoms with E-state index >= 15 is 0 Å². The van der Waals surface area contributed by atoms with E-state index in [1.54, 1.807) is 7.11 Å². The van der Waals surface area contributed by atoms with E-state index < -0.39 is 11.6 Å². The first kappa shape index (κ1) is 21.4. The van der Waals surface area contributed by atoms with Gasteiger partial charge in [-0.25, -0.2) is 4.39 Å². The molecule has 6 unspecified atom stereocenters. The summed E-state index contributed by atoms with van der Waals surface area (Å²) in [5.74, 6) is 1.02. The van der Waals surface area contributed by atoms with Crippen LogP contribution in [0.5, 0.6) is 0 Å². The number of hydrogen-bond donors (Lipinski definition) is 1. The number of rotatable bonds is 3. The van der Waals surface area contributed by atoms with E-state index in [2.05, 4.69) is 22.6 Å². The summed E-state index contributed by atoms with van der Waals surface area (Å²) in [7, 11) is 1.60. The standard InChI is InChI=1S/C24H36FN3O3/c1-23-7-4-14(27-31-15-6-9-26-13-15)10-19(23)21(28-30-3)11-16-17(23)5-8-24(2)18(16)12-20(25)22(24)29/h15-20,26H,4-13H2,1-3H3/t15?,16?,17?,18?,19?,20?,23-,24+/m1/s1. The van der Waals surface area contributed by atoms with Gasteiger partial charge in [0.25, 0.3) is 0 Å². The van der Waals surface area contributed by atoms with Gasteiger partial charge in [-0.05, 0) is 74.7 Å². The summed E-state index contributed by atoms with van der Waals surface area (Å²) in [5.41, 5.74) is 1.76. The van der Waals surface area contributed by atoms with E-state index in [0.29, 0.717) is 18.3 Å². The third-order valence-electron chi connectivity index (χ3n) is 9.57. The van der Waals surface area contributed by atoms with Gasteiger partial charge in [-0.15, -0.1) is 0 Å². The lowest BCUT2D eigenvalue weighted by molar-refractivity contribution is -0.135. The van der Waals surface area contributed by atoms with Gasteiger partial charge in [0.1, 0.15) is 13.2 Å². The summed E-state index contributed by atoms with van der Waals surface area (Å²) in [4.78, 5) is 23.8. The average molecular weight is 434 g/mol. The van der Waals surface area contributed by atoms with E-state index in [1.807, 2.05) is 6.92 Å². The Morgan fingerprint density at radius 1 is 1.13 bits per heavy atom. The molecular formula is C24H36FN3O3. The quantitative estimate of drug-likeness (QED) is 0.686. The van der Waals surface area contributed by atoms with Crippen LogP contribution >= 0.6 is 0 Å². The summed E-state index contributed by atoms with van der Waals surface area (Å²) < 4.78 is 14.5. The second-order valence-electron chi connectivity index (χ2n) is 11.0. The monoisotopic (exact) mass is 433 g/mol. The minimum atomic E-state index is -1.30. The number of hydrogen-bond acceptors (Lipinski definition) is 6. The van der Waals surface area contributed by atoms with Crippen molar-refractivity contribution in [1.29, 1.82) is 0 Å². The number of nitrogens with one attached hydrogen (secondary N) is 1. The van der Waals surface area contributed by atoms with Gasteiger partial charge in [-0.3, -0.25) is 4.79 Å². The molecule has 172 valence electrons. The Kier molecular flexibility index (Phi) is 5.39. The normalized spacial score (nSPS) is 49.6. The Hall–Kier alpha value is -1.50. The molecule has 0 spiro atoms. The van der Waals surface area contributed by atoms with Crippen molar-refractivity contribution in [2.75, 3.05) is 20.2 Å². The Morgan fingerprint density at radius 2 is 1.97 bits per heavy atom. The highest BCUT2D eigenvalue weighted by Crippen LogP contribution is 2.65. The molecular weight excluding hydrogens is 397 g/mol. The maximum Gasteiger partial charge on any atom is 0.173 e. The number of carbonyl (C=O) groups excluding carboxylic acids is 1. The smallest absolute Gasteiger partial charge is 0.173 e. The molecule has 0 aromatic rings. The molecule has 0 bridgehead atoms. The zero-order chi connectivity index (χ0) is 21.8. The first-order chi connectivity index (χ1) is 14.9. The van der Waals surface area contributed by atoms with Crippen LogP contribution in [0, 0.1) is 34.5 Å².